The van der Waals surface area contributed by atoms with Gasteiger partial charge in [-0.1, -0.05) is 125 Å². The first-order chi connectivity index (χ1) is 21.2. The molecule has 8 rings (SSSR count). The maximum absolute atomic E-state index is 4.82. The highest BCUT2D eigenvalue weighted by Crippen LogP contribution is 2.65. The summed E-state index contributed by atoms with van der Waals surface area (Å²) in [5, 5.41) is 2.53. The number of anilines is 3. The van der Waals surface area contributed by atoms with Gasteiger partial charge in [0.1, 0.15) is 0 Å². The summed E-state index contributed by atoms with van der Waals surface area (Å²) in [6, 6.07) is 32.0. The molecule has 3 heterocycles. The van der Waals surface area contributed by atoms with Crippen LogP contribution in [0.5, 0.6) is 0 Å². The molecule has 0 saturated heterocycles. The van der Waals surface area contributed by atoms with Crippen LogP contribution in [0.1, 0.15) is 73.6 Å². The SMILES string of the molecule is C=C1c2cc(/C=C/C=C\C=C/C)cc3c2N2c4c1cc(-c1ccc5ccccc5c1)cc4C(C)(C)c1cccc(c12)C3(C)C. The molecule has 0 atom stereocenters. The average Bonchev–Trinajstić information content (AvgIpc) is 3.03. The lowest BCUT2D eigenvalue weighted by atomic mass is 9.63. The summed E-state index contributed by atoms with van der Waals surface area (Å²) < 4.78 is 0. The minimum Gasteiger partial charge on any atom is -0.308 e. The molecule has 3 aliphatic heterocycles. The van der Waals surface area contributed by atoms with Crippen LogP contribution in [0, 0.1) is 0 Å². The van der Waals surface area contributed by atoms with Crippen LogP contribution in [0.3, 0.4) is 0 Å². The Hall–Kier alpha value is -4.88. The quantitative estimate of drug-likeness (QED) is 0.192. The molecule has 0 radical (unpaired) electrons. The van der Waals surface area contributed by atoms with Crippen molar-refractivity contribution < 1.29 is 0 Å². The Balaban J connectivity index is 1.42. The molecule has 0 unspecified atom stereocenters. The van der Waals surface area contributed by atoms with E-state index in [1.165, 1.54) is 77.9 Å². The van der Waals surface area contributed by atoms with Crippen LogP contribution < -0.4 is 4.90 Å². The number of allylic oxidation sites excluding steroid dienone is 5. The summed E-state index contributed by atoms with van der Waals surface area (Å²) in [6.45, 7) is 16.4. The van der Waals surface area contributed by atoms with Gasteiger partial charge in [0.15, 0.2) is 0 Å². The van der Waals surface area contributed by atoms with Crippen LogP contribution in [-0.4, -0.2) is 0 Å². The first-order valence-electron chi connectivity index (χ1n) is 15.7. The largest absolute Gasteiger partial charge is 0.308 e. The zero-order valence-corrected chi connectivity index (χ0v) is 26.2. The first kappa shape index (κ1) is 26.7. The molecule has 5 aromatic rings. The Bertz CT molecular complexity index is 2150. The van der Waals surface area contributed by atoms with E-state index in [4.69, 9.17) is 6.58 Å². The number of benzene rings is 5. The zero-order chi connectivity index (χ0) is 30.4. The average molecular weight is 568 g/mol. The lowest BCUT2D eigenvalue weighted by molar-refractivity contribution is 0.596. The Morgan fingerprint density at radius 1 is 0.568 bits per heavy atom. The van der Waals surface area contributed by atoms with Crippen LogP contribution in [-0.2, 0) is 10.8 Å². The lowest BCUT2D eigenvalue weighted by Crippen LogP contribution is -2.40. The van der Waals surface area contributed by atoms with Crippen molar-refractivity contribution in [3.8, 4) is 11.1 Å². The minimum absolute atomic E-state index is 0.160. The molecular weight excluding hydrogens is 530 g/mol. The van der Waals surface area contributed by atoms with Crippen LogP contribution >= 0.6 is 0 Å². The summed E-state index contributed by atoms with van der Waals surface area (Å²) in [7, 11) is 0. The van der Waals surface area contributed by atoms with Crippen LogP contribution in [0.15, 0.2) is 122 Å². The van der Waals surface area contributed by atoms with Crippen molar-refractivity contribution >= 4 is 39.5 Å². The maximum Gasteiger partial charge on any atom is 0.0581 e. The highest BCUT2D eigenvalue weighted by Gasteiger charge is 2.49. The van der Waals surface area contributed by atoms with Gasteiger partial charge in [-0.05, 0) is 92.5 Å². The number of hydrogen-bond acceptors (Lipinski definition) is 1. The number of rotatable bonds is 4. The molecule has 0 fully saturated rings. The van der Waals surface area contributed by atoms with Gasteiger partial charge < -0.3 is 4.90 Å². The molecule has 1 heteroatoms. The predicted molar refractivity (Wildman–Crippen MR) is 189 cm³/mol. The van der Waals surface area contributed by atoms with Gasteiger partial charge in [0.05, 0.1) is 17.1 Å². The summed E-state index contributed by atoms with van der Waals surface area (Å²) in [4.78, 5) is 2.59. The minimum atomic E-state index is -0.175. The van der Waals surface area contributed by atoms with Gasteiger partial charge in [-0.25, -0.2) is 0 Å². The summed E-state index contributed by atoms with van der Waals surface area (Å²) >= 11 is 0. The van der Waals surface area contributed by atoms with E-state index >= 15 is 0 Å². The molecule has 44 heavy (non-hydrogen) atoms. The van der Waals surface area contributed by atoms with E-state index in [9.17, 15) is 0 Å². The molecule has 0 N–H and O–H groups in total. The van der Waals surface area contributed by atoms with E-state index in [1.54, 1.807) is 0 Å². The monoisotopic (exact) mass is 567 g/mol. The zero-order valence-electron chi connectivity index (χ0n) is 26.2. The van der Waals surface area contributed by atoms with Gasteiger partial charge in [0, 0.05) is 22.0 Å². The molecule has 0 aromatic heterocycles. The fourth-order valence-electron chi connectivity index (χ4n) is 7.79. The molecule has 214 valence electrons. The Morgan fingerprint density at radius 3 is 1.95 bits per heavy atom. The van der Waals surface area contributed by atoms with E-state index in [-0.39, 0.29) is 10.8 Å². The number of hydrogen-bond donors (Lipinski definition) is 0. The molecule has 0 aliphatic carbocycles. The van der Waals surface area contributed by atoms with Gasteiger partial charge in [0.2, 0.25) is 0 Å². The standard InChI is InChI=1S/C43H37N/c1-7-8-9-10-11-15-28-22-33-27(2)34-25-32(31-21-20-29-16-12-13-17-30(29)24-31)26-38-40(34)44-39(33)37(23-28)42(3,4)35-18-14-19-36(41(35)44)43(38,5)6/h7-26H,2H2,1,3-6H3/b8-7-,10-9-,15-11+. The number of para-hydroxylation sites is 1. The van der Waals surface area contributed by atoms with E-state index in [0.717, 1.165) is 5.57 Å². The summed E-state index contributed by atoms with van der Waals surface area (Å²) in [5.74, 6) is 0. The predicted octanol–water partition coefficient (Wildman–Crippen LogP) is 11.8. The second-order valence-electron chi connectivity index (χ2n) is 13.5. The third-order valence-electron chi connectivity index (χ3n) is 10.2. The molecule has 0 amide bonds. The van der Waals surface area contributed by atoms with Crippen molar-refractivity contribution in [1.82, 2.24) is 0 Å². The molecule has 0 bridgehead atoms. The van der Waals surface area contributed by atoms with Crippen molar-refractivity contribution in [3.63, 3.8) is 0 Å². The van der Waals surface area contributed by atoms with Gasteiger partial charge >= 0.3 is 0 Å². The van der Waals surface area contributed by atoms with E-state index in [0.29, 0.717) is 0 Å². The normalized spacial score (nSPS) is 16.8. The number of nitrogens with zero attached hydrogens (tertiary/aromatic N) is 1. The van der Waals surface area contributed by atoms with Crippen LogP contribution in [0.25, 0.3) is 33.5 Å². The van der Waals surface area contributed by atoms with Crippen molar-refractivity contribution in [2.75, 3.05) is 4.90 Å². The molecule has 0 saturated carbocycles. The van der Waals surface area contributed by atoms with Crippen LogP contribution in [0.4, 0.5) is 17.1 Å². The summed E-state index contributed by atoms with van der Waals surface area (Å²) in [5.41, 5.74) is 16.3. The lowest BCUT2D eigenvalue weighted by Gasteiger charge is -2.52. The van der Waals surface area contributed by atoms with Crippen molar-refractivity contribution in [2.45, 2.75) is 45.4 Å². The molecule has 5 aromatic carbocycles. The smallest absolute Gasteiger partial charge is 0.0581 e. The van der Waals surface area contributed by atoms with Gasteiger partial charge in [-0.3, -0.25) is 0 Å². The molecular formula is C43H37N. The number of fused-ring (bicyclic) bond motifs is 1. The van der Waals surface area contributed by atoms with E-state index in [1.807, 2.05) is 13.0 Å². The first-order valence-corrected chi connectivity index (χ1v) is 15.7. The van der Waals surface area contributed by atoms with E-state index < -0.39 is 0 Å². The molecule has 0 spiro atoms. The fourth-order valence-corrected chi connectivity index (χ4v) is 7.79. The molecule has 3 aliphatic rings. The third-order valence-corrected chi connectivity index (χ3v) is 10.2. The fraction of sp³-hybridized carbons (Fsp3) is 0.163. The second kappa shape index (κ2) is 9.31. The Morgan fingerprint density at radius 2 is 1.23 bits per heavy atom. The third kappa shape index (κ3) is 3.59. The van der Waals surface area contributed by atoms with Crippen molar-refractivity contribution in [3.05, 3.63) is 161 Å². The van der Waals surface area contributed by atoms with Gasteiger partial charge in [-0.2, -0.15) is 0 Å². The Kier molecular flexibility index (Phi) is 5.65. The van der Waals surface area contributed by atoms with E-state index in [2.05, 4.69) is 148 Å². The maximum atomic E-state index is 4.82. The molecule has 1 nitrogen and oxygen atoms in total. The van der Waals surface area contributed by atoms with Crippen molar-refractivity contribution in [1.29, 1.82) is 0 Å². The van der Waals surface area contributed by atoms with Gasteiger partial charge in [0.25, 0.3) is 0 Å². The van der Waals surface area contributed by atoms with Crippen LogP contribution in [0.2, 0.25) is 0 Å². The highest BCUT2D eigenvalue weighted by molar-refractivity contribution is 6.08. The van der Waals surface area contributed by atoms with Gasteiger partial charge in [-0.15, -0.1) is 0 Å². The second-order valence-corrected chi connectivity index (χ2v) is 13.5. The summed E-state index contributed by atoms with van der Waals surface area (Å²) in [6.07, 6.45) is 12.6. The topological polar surface area (TPSA) is 3.24 Å². The van der Waals surface area contributed by atoms with Crippen molar-refractivity contribution in [2.24, 2.45) is 0 Å². The Labute approximate surface area is 261 Å². The highest BCUT2D eigenvalue weighted by atomic mass is 15.2.